The summed E-state index contributed by atoms with van der Waals surface area (Å²) in [7, 11) is 0. The van der Waals surface area contributed by atoms with E-state index in [1.165, 1.54) is 11.1 Å². The molecule has 0 bridgehead atoms. The predicted octanol–water partition coefficient (Wildman–Crippen LogP) is 2.70. The SMILES string of the molecule is CCC(=O)C1CCc2ccccc21. The Balaban J connectivity index is 2.33. The highest BCUT2D eigenvalue weighted by Crippen LogP contribution is 2.33. The smallest absolute Gasteiger partial charge is 0.140 e. The third-order valence-electron chi connectivity index (χ3n) is 2.87. The van der Waals surface area contributed by atoms with Crippen molar-refractivity contribution in [2.24, 2.45) is 0 Å². The van der Waals surface area contributed by atoms with E-state index in [-0.39, 0.29) is 5.92 Å². The molecule has 2 rings (SSSR count). The molecule has 1 unspecified atom stereocenters. The maximum atomic E-state index is 11.6. The maximum Gasteiger partial charge on any atom is 0.140 e. The Labute approximate surface area is 78.8 Å². The van der Waals surface area contributed by atoms with E-state index in [0.29, 0.717) is 12.2 Å². The fourth-order valence-electron chi connectivity index (χ4n) is 2.14. The van der Waals surface area contributed by atoms with Crippen molar-refractivity contribution in [3.63, 3.8) is 0 Å². The van der Waals surface area contributed by atoms with Crippen LogP contribution in [0.5, 0.6) is 0 Å². The summed E-state index contributed by atoms with van der Waals surface area (Å²) in [5.41, 5.74) is 2.64. The summed E-state index contributed by atoms with van der Waals surface area (Å²) in [6.45, 7) is 1.95. The number of hydrogen-bond acceptors (Lipinski definition) is 1. The second-order valence-corrected chi connectivity index (χ2v) is 3.61. The van der Waals surface area contributed by atoms with Crippen LogP contribution in [0.15, 0.2) is 24.3 Å². The highest BCUT2D eigenvalue weighted by molar-refractivity contribution is 5.86. The van der Waals surface area contributed by atoms with Crippen LogP contribution in [0.4, 0.5) is 0 Å². The monoisotopic (exact) mass is 174 g/mol. The minimum atomic E-state index is 0.196. The minimum Gasteiger partial charge on any atom is -0.299 e. The van der Waals surface area contributed by atoms with Crippen molar-refractivity contribution >= 4 is 5.78 Å². The molecule has 0 radical (unpaired) electrons. The number of hydrogen-bond donors (Lipinski definition) is 0. The summed E-state index contributed by atoms with van der Waals surface area (Å²) in [5, 5.41) is 0. The number of carbonyl (C=O) groups is 1. The third kappa shape index (κ3) is 1.39. The van der Waals surface area contributed by atoms with Crippen LogP contribution in [0.25, 0.3) is 0 Å². The van der Waals surface area contributed by atoms with Gasteiger partial charge < -0.3 is 0 Å². The fourth-order valence-corrected chi connectivity index (χ4v) is 2.14. The predicted molar refractivity (Wildman–Crippen MR) is 52.8 cm³/mol. The average Bonchev–Trinajstić information content (AvgIpc) is 2.60. The van der Waals surface area contributed by atoms with Gasteiger partial charge in [0.15, 0.2) is 0 Å². The molecule has 1 aromatic carbocycles. The highest BCUT2D eigenvalue weighted by atomic mass is 16.1. The van der Waals surface area contributed by atoms with Gasteiger partial charge in [0.2, 0.25) is 0 Å². The van der Waals surface area contributed by atoms with Gasteiger partial charge in [0.25, 0.3) is 0 Å². The Morgan fingerprint density at radius 3 is 3.00 bits per heavy atom. The average molecular weight is 174 g/mol. The molecule has 0 N–H and O–H groups in total. The second-order valence-electron chi connectivity index (χ2n) is 3.61. The van der Waals surface area contributed by atoms with Crippen molar-refractivity contribution in [1.29, 1.82) is 0 Å². The first-order chi connectivity index (χ1) is 6.33. The lowest BCUT2D eigenvalue weighted by atomic mass is 9.95. The van der Waals surface area contributed by atoms with Crippen molar-refractivity contribution in [2.75, 3.05) is 0 Å². The van der Waals surface area contributed by atoms with Crippen LogP contribution < -0.4 is 0 Å². The number of Topliss-reactive ketones (excluding diaryl/α,β-unsaturated/α-hetero) is 1. The maximum absolute atomic E-state index is 11.6. The van der Waals surface area contributed by atoms with Gasteiger partial charge in [-0.1, -0.05) is 31.2 Å². The van der Waals surface area contributed by atoms with Gasteiger partial charge in [-0.15, -0.1) is 0 Å². The topological polar surface area (TPSA) is 17.1 Å². The third-order valence-corrected chi connectivity index (χ3v) is 2.87. The number of ketones is 1. The van der Waals surface area contributed by atoms with Crippen LogP contribution >= 0.6 is 0 Å². The summed E-state index contributed by atoms with van der Waals surface area (Å²) < 4.78 is 0. The molecule has 0 spiro atoms. The summed E-state index contributed by atoms with van der Waals surface area (Å²) in [6, 6.07) is 8.32. The lowest BCUT2D eigenvalue weighted by molar-refractivity contribution is -0.120. The van der Waals surface area contributed by atoms with Crippen molar-refractivity contribution in [3.05, 3.63) is 35.4 Å². The largest absolute Gasteiger partial charge is 0.299 e. The molecule has 1 heteroatoms. The van der Waals surface area contributed by atoms with Gasteiger partial charge in [0.1, 0.15) is 5.78 Å². The van der Waals surface area contributed by atoms with Crippen LogP contribution in [0, 0.1) is 0 Å². The van der Waals surface area contributed by atoms with E-state index in [9.17, 15) is 4.79 Å². The van der Waals surface area contributed by atoms with E-state index in [1.807, 2.05) is 13.0 Å². The van der Waals surface area contributed by atoms with Crippen LogP contribution in [0.1, 0.15) is 36.8 Å². The number of aryl methyl sites for hydroxylation is 1. The molecule has 13 heavy (non-hydrogen) atoms. The van der Waals surface area contributed by atoms with Crippen molar-refractivity contribution < 1.29 is 4.79 Å². The van der Waals surface area contributed by atoms with Gasteiger partial charge in [-0.25, -0.2) is 0 Å². The first kappa shape index (κ1) is 8.49. The molecular formula is C12H14O. The molecule has 0 aliphatic heterocycles. The molecule has 0 fully saturated rings. The van der Waals surface area contributed by atoms with Crippen molar-refractivity contribution in [3.8, 4) is 0 Å². The van der Waals surface area contributed by atoms with Gasteiger partial charge in [-0.3, -0.25) is 4.79 Å². The first-order valence-electron chi connectivity index (χ1n) is 4.93. The molecule has 1 aliphatic rings. The number of carbonyl (C=O) groups excluding carboxylic acids is 1. The molecule has 1 aromatic rings. The van der Waals surface area contributed by atoms with E-state index in [1.54, 1.807) is 0 Å². The summed E-state index contributed by atoms with van der Waals surface area (Å²) >= 11 is 0. The minimum absolute atomic E-state index is 0.196. The Morgan fingerprint density at radius 2 is 2.23 bits per heavy atom. The van der Waals surface area contributed by atoms with E-state index < -0.39 is 0 Å². The summed E-state index contributed by atoms with van der Waals surface area (Å²) in [6.07, 6.45) is 2.76. The van der Waals surface area contributed by atoms with E-state index in [2.05, 4.69) is 18.2 Å². The summed E-state index contributed by atoms with van der Waals surface area (Å²) in [4.78, 5) is 11.6. The van der Waals surface area contributed by atoms with Crippen LogP contribution in [-0.2, 0) is 11.2 Å². The molecule has 68 valence electrons. The van der Waals surface area contributed by atoms with Crippen molar-refractivity contribution in [1.82, 2.24) is 0 Å². The molecule has 0 saturated heterocycles. The standard InChI is InChI=1S/C12H14O/c1-2-12(13)11-8-7-9-5-3-4-6-10(9)11/h3-6,11H,2,7-8H2,1H3. The lowest BCUT2D eigenvalue weighted by Gasteiger charge is -2.07. The zero-order chi connectivity index (χ0) is 9.26. The first-order valence-corrected chi connectivity index (χ1v) is 4.93. The molecular weight excluding hydrogens is 160 g/mol. The Kier molecular flexibility index (Phi) is 2.17. The molecule has 0 saturated carbocycles. The zero-order valence-electron chi connectivity index (χ0n) is 7.92. The molecule has 0 amide bonds. The van der Waals surface area contributed by atoms with Gasteiger partial charge in [0, 0.05) is 12.3 Å². The zero-order valence-corrected chi connectivity index (χ0v) is 7.92. The quantitative estimate of drug-likeness (QED) is 0.673. The van der Waals surface area contributed by atoms with E-state index in [4.69, 9.17) is 0 Å². The lowest BCUT2D eigenvalue weighted by Crippen LogP contribution is -2.07. The number of fused-ring (bicyclic) bond motifs is 1. The van der Waals surface area contributed by atoms with Gasteiger partial charge in [-0.2, -0.15) is 0 Å². The molecule has 1 aliphatic carbocycles. The number of rotatable bonds is 2. The fraction of sp³-hybridized carbons (Fsp3) is 0.417. The van der Waals surface area contributed by atoms with Crippen LogP contribution in [0.2, 0.25) is 0 Å². The van der Waals surface area contributed by atoms with Gasteiger partial charge in [0.05, 0.1) is 0 Å². The van der Waals surface area contributed by atoms with Gasteiger partial charge in [-0.05, 0) is 24.0 Å². The normalized spacial score (nSPS) is 19.9. The van der Waals surface area contributed by atoms with Crippen LogP contribution in [0.3, 0.4) is 0 Å². The van der Waals surface area contributed by atoms with E-state index >= 15 is 0 Å². The Morgan fingerprint density at radius 1 is 1.46 bits per heavy atom. The Bertz CT molecular complexity index is 328. The second kappa shape index (κ2) is 3.33. The van der Waals surface area contributed by atoms with E-state index in [0.717, 1.165) is 12.8 Å². The Hall–Kier alpha value is -1.11. The van der Waals surface area contributed by atoms with Crippen LogP contribution in [-0.4, -0.2) is 5.78 Å². The molecule has 1 atom stereocenters. The highest BCUT2D eigenvalue weighted by Gasteiger charge is 2.26. The van der Waals surface area contributed by atoms with Gasteiger partial charge >= 0.3 is 0 Å². The molecule has 0 aromatic heterocycles. The number of benzene rings is 1. The summed E-state index contributed by atoms with van der Waals surface area (Å²) in [5.74, 6) is 0.589. The van der Waals surface area contributed by atoms with Crippen molar-refractivity contribution in [2.45, 2.75) is 32.1 Å². The molecule has 0 heterocycles. The molecule has 1 nitrogen and oxygen atoms in total.